The van der Waals surface area contributed by atoms with E-state index in [-0.39, 0.29) is 5.56 Å². The molecule has 0 spiro atoms. The van der Waals surface area contributed by atoms with Crippen LogP contribution < -0.4 is 15.0 Å². The monoisotopic (exact) mass is 721 g/mol. The fraction of sp³-hybridized carbons (Fsp3) is 0.235. The number of hydrogen-bond acceptors (Lipinski definition) is 11. The third-order valence-electron chi connectivity index (χ3n) is 7.58. The van der Waals surface area contributed by atoms with Crippen molar-refractivity contribution in [2.75, 3.05) is 20.0 Å². The standard InChI is InChI=1S/C20H19N5O3S.C14H11F3N2OS/c1-13-22-23-20(25(13)15-6-10-17(27-3)11-7-15)29-12-18-21-19(24-28-18)14-4-8-16(26-2)9-5-14;15-14(16,17)9-3-1-8(2-4-9)12-18-11-5-6-21-7-10(11)13(20)19-12/h4-11H,12H2,1-3H3;1-4H,5-7H2,(H,18,19,20). The maximum Gasteiger partial charge on any atom is 0.416 e. The number of H-pyrrole nitrogens is 1. The largest absolute Gasteiger partial charge is 0.497 e. The van der Waals surface area contributed by atoms with Crippen LogP contribution in [0.4, 0.5) is 13.2 Å². The van der Waals surface area contributed by atoms with E-state index in [1.807, 2.05) is 60.0 Å². The number of aryl methyl sites for hydroxylation is 2. The SMILES string of the molecule is COc1ccc(-c2noc(CSc3nnc(C)n3-c3ccc(OC)cc3)n2)cc1.O=c1[nH]c(-c2ccc(C(F)(F)F)cc2)nc2c1CSCC2. The van der Waals surface area contributed by atoms with Crippen molar-refractivity contribution < 1.29 is 27.2 Å². The summed E-state index contributed by atoms with van der Waals surface area (Å²) in [5.74, 6) is 5.75. The molecule has 1 aliphatic heterocycles. The van der Waals surface area contributed by atoms with Gasteiger partial charge in [-0.1, -0.05) is 29.1 Å². The van der Waals surface area contributed by atoms with Crippen molar-refractivity contribution in [1.29, 1.82) is 0 Å². The fourth-order valence-electron chi connectivity index (χ4n) is 4.96. The van der Waals surface area contributed by atoms with Crippen molar-refractivity contribution in [3.63, 3.8) is 0 Å². The van der Waals surface area contributed by atoms with Gasteiger partial charge in [-0.05, 0) is 79.8 Å². The van der Waals surface area contributed by atoms with Crippen LogP contribution in [0, 0.1) is 6.92 Å². The van der Waals surface area contributed by atoms with Crippen molar-refractivity contribution in [3.05, 3.63) is 112 Å². The van der Waals surface area contributed by atoms with Gasteiger partial charge in [-0.25, -0.2) is 4.98 Å². The van der Waals surface area contributed by atoms with Gasteiger partial charge in [-0.2, -0.15) is 29.9 Å². The van der Waals surface area contributed by atoms with Gasteiger partial charge in [0.1, 0.15) is 23.1 Å². The summed E-state index contributed by atoms with van der Waals surface area (Å²) in [5.41, 5.74) is 2.78. The summed E-state index contributed by atoms with van der Waals surface area (Å²) in [6, 6.07) is 19.9. The summed E-state index contributed by atoms with van der Waals surface area (Å²) in [5, 5.41) is 13.3. The number of nitrogens with zero attached hydrogens (tertiary/aromatic N) is 6. The third-order valence-corrected chi connectivity index (χ3v) is 9.48. The second-order valence-electron chi connectivity index (χ2n) is 10.8. The summed E-state index contributed by atoms with van der Waals surface area (Å²) >= 11 is 3.16. The molecule has 0 saturated heterocycles. The Bertz CT molecular complexity index is 2120. The number of fused-ring (bicyclic) bond motifs is 1. The van der Waals surface area contributed by atoms with E-state index < -0.39 is 11.7 Å². The van der Waals surface area contributed by atoms with E-state index in [0.717, 1.165) is 57.3 Å². The minimum Gasteiger partial charge on any atom is -0.497 e. The van der Waals surface area contributed by atoms with E-state index in [4.69, 9.17) is 14.0 Å². The predicted molar refractivity (Wildman–Crippen MR) is 184 cm³/mol. The van der Waals surface area contributed by atoms with Crippen molar-refractivity contribution in [2.45, 2.75) is 36.2 Å². The molecule has 258 valence electrons. The second kappa shape index (κ2) is 15.2. The molecule has 0 unspecified atom stereocenters. The lowest BCUT2D eigenvalue weighted by Gasteiger charge is -2.14. The molecule has 6 aromatic rings. The third kappa shape index (κ3) is 8.03. The quantitative estimate of drug-likeness (QED) is 0.160. The maximum atomic E-state index is 12.5. The Morgan fingerprint density at radius 3 is 2.24 bits per heavy atom. The molecule has 7 rings (SSSR count). The number of halogens is 3. The molecule has 3 aromatic carbocycles. The van der Waals surface area contributed by atoms with Gasteiger partial charge in [0.15, 0.2) is 5.16 Å². The van der Waals surface area contributed by atoms with E-state index in [0.29, 0.717) is 46.6 Å². The molecule has 0 amide bonds. The number of benzene rings is 3. The first-order valence-corrected chi connectivity index (χ1v) is 17.3. The van der Waals surface area contributed by atoms with Crippen LogP contribution >= 0.6 is 23.5 Å². The Kier molecular flexibility index (Phi) is 10.6. The molecule has 0 bridgehead atoms. The summed E-state index contributed by atoms with van der Waals surface area (Å²) < 4.78 is 55.4. The van der Waals surface area contributed by atoms with Gasteiger partial charge in [0, 0.05) is 28.1 Å². The Morgan fingerprint density at radius 2 is 1.58 bits per heavy atom. The molecule has 11 nitrogen and oxygen atoms in total. The molecular weight excluding hydrogens is 692 g/mol. The summed E-state index contributed by atoms with van der Waals surface area (Å²) in [7, 11) is 3.27. The highest BCUT2D eigenvalue weighted by molar-refractivity contribution is 7.98. The Balaban J connectivity index is 0.000000182. The number of methoxy groups -OCH3 is 2. The number of rotatable bonds is 8. The number of nitrogens with one attached hydrogen (secondary N) is 1. The first-order valence-electron chi connectivity index (χ1n) is 15.2. The van der Waals surface area contributed by atoms with Crippen LogP contribution in [0.25, 0.3) is 28.5 Å². The second-order valence-corrected chi connectivity index (χ2v) is 12.9. The van der Waals surface area contributed by atoms with Crippen LogP contribution in [0.15, 0.2) is 87.3 Å². The van der Waals surface area contributed by atoms with E-state index >= 15 is 0 Å². The number of alkyl halides is 3. The molecule has 4 heterocycles. The van der Waals surface area contributed by atoms with Crippen molar-refractivity contribution in [3.8, 4) is 40.0 Å². The lowest BCUT2D eigenvalue weighted by molar-refractivity contribution is -0.137. The van der Waals surface area contributed by atoms with E-state index in [2.05, 4.69) is 30.3 Å². The number of aromatic nitrogens is 7. The molecule has 50 heavy (non-hydrogen) atoms. The van der Waals surface area contributed by atoms with Crippen LogP contribution in [0.1, 0.15) is 28.5 Å². The zero-order valence-electron chi connectivity index (χ0n) is 27.0. The van der Waals surface area contributed by atoms with Crippen LogP contribution in [0.2, 0.25) is 0 Å². The molecule has 0 saturated carbocycles. The molecule has 0 aliphatic carbocycles. The van der Waals surface area contributed by atoms with Gasteiger partial charge in [0.05, 0.1) is 31.2 Å². The molecule has 0 fully saturated rings. The number of thioether (sulfide) groups is 2. The van der Waals surface area contributed by atoms with Gasteiger partial charge >= 0.3 is 6.18 Å². The highest BCUT2D eigenvalue weighted by Crippen LogP contribution is 2.31. The van der Waals surface area contributed by atoms with Gasteiger partial charge in [0.2, 0.25) is 11.7 Å². The van der Waals surface area contributed by atoms with Gasteiger partial charge in [-0.15, -0.1) is 10.2 Å². The van der Waals surface area contributed by atoms with Crippen LogP contribution in [0.3, 0.4) is 0 Å². The Morgan fingerprint density at radius 1 is 0.920 bits per heavy atom. The molecule has 0 radical (unpaired) electrons. The maximum absolute atomic E-state index is 12.5. The summed E-state index contributed by atoms with van der Waals surface area (Å²) in [4.78, 5) is 23.5. The lowest BCUT2D eigenvalue weighted by Crippen LogP contribution is -2.21. The minimum atomic E-state index is -4.37. The first-order chi connectivity index (χ1) is 24.1. The number of aromatic amines is 1. The van der Waals surface area contributed by atoms with E-state index in [1.165, 1.54) is 23.9 Å². The molecular formula is C34H30F3N7O4S2. The lowest BCUT2D eigenvalue weighted by atomic mass is 10.1. The van der Waals surface area contributed by atoms with Gasteiger partial charge < -0.3 is 19.0 Å². The molecule has 0 atom stereocenters. The zero-order valence-corrected chi connectivity index (χ0v) is 28.7. The van der Waals surface area contributed by atoms with Gasteiger partial charge in [0.25, 0.3) is 5.56 Å². The highest BCUT2D eigenvalue weighted by Gasteiger charge is 2.30. The normalized spacial score (nSPS) is 12.5. The number of hydrogen-bond donors (Lipinski definition) is 1. The van der Waals surface area contributed by atoms with E-state index in [1.54, 1.807) is 26.0 Å². The molecule has 16 heteroatoms. The van der Waals surface area contributed by atoms with Crippen molar-refractivity contribution in [1.82, 2.24) is 34.9 Å². The van der Waals surface area contributed by atoms with Crippen LogP contribution in [0.5, 0.6) is 11.5 Å². The predicted octanol–water partition coefficient (Wildman–Crippen LogP) is 7.18. The molecule has 1 N–H and O–H groups in total. The zero-order chi connectivity index (χ0) is 35.3. The van der Waals surface area contributed by atoms with Gasteiger partial charge in [-0.3, -0.25) is 9.36 Å². The average Bonchev–Trinajstić information content (AvgIpc) is 3.77. The smallest absolute Gasteiger partial charge is 0.416 e. The summed E-state index contributed by atoms with van der Waals surface area (Å²) in [6.07, 6.45) is -3.66. The topological polar surface area (TPSA) is 134 Å². The van der Waals surface area contributed by atoms with Crippen LogP contribution in [-0.4, -0.2) is 54.8 Å². The minimum absolute atomic E-state index is 0.206. The molecule has 3 aromatic heterocycles. The fourth-order valence-corrected chi connectivity index (χ4v) is 6.78. The number of ether oxygens (including phenoxy) is 2. The average molecular weight is 722 g/mol. The first kappa shape index (κ1) is 34.8. The highest BCUT2D eigenvalue weighted by atomic mass is 32.2. The Hall–Kier alpha value is -5.09. The summed E-state index contributed by atoms with van der Waals surface area (Å²) in [6.45, 7) is 1.91. The van der Waals surface area contributed by atoms with Crippen LogP contribution in [-0.2, 0) is 24.1 Å². The van der Waals surface area contributed by atoms with E-state index in [9.17, 15) is 18.0 Å². The Labute approximate surface area is 292 Å². The van der Waals surface area contributed by atoms with Crippen molar-refractivity contribution >= 4 is 23.5 Å². The molecule has 1 aliphatic rings. The van der Waals surface area contributed by atoms with Crippen molar-refractivity contribution in [2.24, 2.45) is 0 Å².